The lowest BCUT2D eigenvalue weighted by atomic mass is 10.0. The zero-order valence-electron chi connectivity index (χ0n) is 10.7. The molecular formula is C17H13NO2. The van der Waals surface area contributed by atoms with E-state index in [1.165, 1.54) is 0 Å². The van der Waals surface area contributed by atoms with Crippen molar-refractivity contribution in [2.75, 3.05) is 0 Å². The highest BCUT2D eigenvalue weighted by atomic mass is 16.4. The third kappa shape index (κ3) is 2.34. The van der Waals surface area contributed by atoms with Gasteiger partial charge in [-0.1, -0.05) is 36.4 Å². The number of carboxylic acids is 1. The lowest BCUT2D eigenvalue weighted by Crippen LogP contribution is -1.85. The van der Waals surface area contributed by atoms with Crippen LogP contribution >= 0.6 is 0 Å². The molecule has 0 amide bonds. The van der Waals surface area contributed by atoms with E-state index in [4.69, 9.17) is 5.11 Å². The Bertz CT molecular complexity index is 785. The van der Waals surface area contributed by atoms with Gasteiger partial charge < -0.3 is 10.1 Å². The van der Waals surface area contributed by atoms with Gasteiger partial charge in [-0.05, 0) is 29.3 Å². The van der Waals surface area contributed by atoms with Crippen LogP contribution in [0.3, 0.4) is 0 Å². The first-order chi connectivity index (χ1) is 9.74. The summed E-state index contributed by atoms with van der Waals surface area (Å²) in [6.07, 6.45) is 4.58. The van der Waals surface area contributed by atoms with Gasteiger partial charge in [-0.3, -0.25) is 0 Å². The van der Waals surface area contributed by atoms with Gasteiger partial charge >= 0.3 is 5.97 Å². The second kappa shape index (κ2) is 5.05. The minimum Gasteiger partial charge on any atom is -0.478 e. The average Bonchev–Trinajstić information content (AvgIpc) is 2.88. The molecule has 2 aromatic carbocycles. The first-order valence-corrected chi connectivity index (χ1v) is 6.31. The normalized spacial score (nSPS) is 11.2. The predicted octanol–water partition coefficient (Wildman–Crippen LogP) is 3.93. The molecule has 0 unspecified atom stereocenters. The van der Waals surface area contributed by atoms with E-state index in [2.05, 4.69) is 29.2 Å². The van der Waals surface area contributed by atoms with Crippen molar-refractivity contribution in [2.24, 2.45) is 0 Å². The second-order valence-corrected chi connectivity index (χ2v) is 4.54. The number of nitrogens with one attached hydrogen (secondary N) is 1. The molecule has 20 heavy (non-hydrogen) atoms. The summed E-state index contributed by atoms with van der Waals surface area (Å²) in [6, 6.07) is 16.2. The van der Waals surface area contributed by atoms with Crippen LogP contribution in [0, 0.1) is 0 Å². The van der Waals surface area contributed by atoms with Gasteiger partial charge in [-0.15, -0.1) is 0 Å². The van der Waals surface area contributed by atoms with Gasteiger partial charge in [0.05, 0.1) is 0 Å². The van der Waals surface area contributed by atoms with Gasteiger partial charge in [0.25, 0.3) is 0 Å². The number of aromatic nitrogens is 1. The molecule has 0 radical (unpaired) electrons. The Kier molecular flexibility index (Phi) is 3.09. The van der Waals surface area contributed by atoms with E-state index in [0.29, 0.717) is 0 Å². The third-order valence-corrected chi connectivity index (χ3v) is 3.23. The maximum atomic E-state index is 10.6. The summed E-state index contributed by atoms with van der Waals surface area (Å²) in [6.45, 7) is 0. The molecule has 98 valence electrons. The minimum absolute atomic E-state index is 0.875. The molecule has 0 saturated carbocycles. The molecule has 3 aromatic rings. The molecule has 3 rings (SSSR count). The molecule has 1 aromatic heterocycles. The summed E-state index contributed by atoms with van der Waals surface area (Å²) >= 11 is 0. The Balaban J connectivity index is 2.10. The summed E-state index contributed by atoms with van der Waals surface area (Å²) in [5.74, 6) is -0.946. The highest BCUT2D eigenvalue weighted by Gasteiger charge is 2.04. The number of hydrogen-bond acceptors (Lipinski definition) is 1. The summed E-state index contributed by atoms with van der Waals surface area (Å²) in [4.78, 5) is 13.8. The second-order valence-electron chi connectivity index (χ2n) is 4.54. The van der Waals surface area contributed by atoms with Crippen LogP contribution in [0.4, 0.5) is 0 Å². The Labute approximate surface area is 116 Å². The maximum absolute atomic E-state index is 10.6. The summed E-state index contributed by atoms with van der Waals surface area (Å²) in [5.41, 5.74) is 4.13. The number of benzene rings is 2. The molecule has 0 spiro atoms. The number of hydrogen-bond donors (Lipinski definition) is 2. The Hall–Kier alpha value is -2.81. The van der Waals surface area contributed by atoms with Crippen molar-refractivity contribution in [3.05, 3.63) is 66.4 Å². The average molecular weight is 263 g/mol. The van der Waals surface area contributed by atoms with Gasteiger partial charge in [-0.2, -0.15) is 0 Å². The van der Waals surface area contributed by atoms with Crippen molar-refractivity contribution in [2.45, 2.75) is 0 Å². The van der Waals surface area contributed by atoms with Crippen LogP contribution in [-0.2, 0) is 4.79 Å². The van der Waals surface area contributed by atoms with Crippen LogP contribution < -0.4 is 0 Å². The number of aliphatic carboxylic acids is 1. The van der Waals surface area contributed by atoms with E-state index >= 15 is 0 Å². The summed E-state index contributed by atoms with van der Waals surface area (Å²) < 4.78 is 0. The van der Waals surface area contributed by atoms with Gasteiger partial charge in [0, 0.05) is 28.7 Å². The van der Waals surface area contributed by atoms with Crippen LogP contribution in [0.25, 0.3) is 28.1 Å². The first-order valence-electron chi connectivity index (χ1n) is 6.31. The van der Waals surface area contributed by atoms with Crippen LogP contribution in [0.2, 0.25) is 0 Å². The van der Waals surface area contributed by atoms with Crippen LogP contribution in [-0.4, -0.2) is 16.1 Å². The van der Waals surface area contributed by atoms with Gasteiger partial charge in [-0.25, -0.2) is 4.79 Å². The van der Waals surface area contributed by atoms with Gasteiger partial charge in [0.2, 0.25) is 0 Å². The monoisotopic (exact) mass is 263 g/mol. The molecule has 1 heterocycles. The lowest BCUT2D eigenvalue weighted by Gasteiger charge is -2.02. The molecule has 3 heteroatoms. The molecule has 0 aliphatic heterocycles. The quantitative estimate of drug-likeness (QED) is 0.703. The fraction of sp³-hybridized carbons (Fsp3) is 0. The number of aromatic amines is 1. The van der Waals surface area contributed by atoms with Crippen molar-refractivity contribution in [1.29, 1.82) is 0 Å². The summed E-state index contributed by atoms with van der Waals surface area (Å²) in [7, 11) is 0. The van der Waals surface area contributed by atoms with Crippen LogP contribution in [0.15, 0.2) is 60.8 Å². The molecule has 0 fully saturated rings. The minimum atomic E-state index is -0.946. The van der Waals surface area contributed by atoms with Crippen LogP contribution in [0.1, 0.15) is 5.56 Å². The van der Waals surface area contributed by atoms with E-state index in [-0.39, 0.29) is 0 Å². The fourth-order valence-corrected chi connectivity index (χ4v) is 2.25. The SMILES string of the molecule is O=C(O)/C=C/c1c[nH]c2ccc(-c3ccccc3)cc12. The number of carbonyl (C=O) groups is 1. The fourth-order valence-electron chi connectivity index (χ4n) is 2.25. The lowest BCUT2D eigenvalue weighted by molar-refractivity contribution is -0.131. The molecular weight excluding hydrogens is 250 g/mol. The number of H-pyrrole nitrogens is 1. The number of fused-ring (bicyclic) bond motifs is 1. The topological polar surface area (TPSA) is 53.1 Å². The third-order valence-electron chi connectivity index (χ3n) is 3.23. The largest absolute Gasteiger partial charge is 0.478 e. The molecule has 0 saturated heterocycles. The molecule has 0 aliphatic carbocycles. The van der Waals surface area contributed by atoms with Crippen molar-refractivity contribution in [3.63, 3.8) is 0 Å². The first kappa shape index (κ1) is 12.2. The zero-order chi connectivity index (χ0) is 13.9. The number of carboxylic acid groups (broad SMARTS) is 1. The maximum Gasteiger partial charge on any atom is 0.328 e. The van der Waals surface area contributed by atoms with Crippen molar-refractivity contribution in [1.82, 2.24) is 4.98 Å². The van der Waals surface area contributed by atoms with E-state index in [0.717, 1.165) is 33.7 Å². The Morgan fingerprint density at radius 2 is 1.85 bits per heavy atom. The molecule has 0 aliphatic rings. The highest BCUT2D eigenvalue weighted by Crippen LogP contribution is 2.26. The van der Waals surface area contributed by atoms with Crippen molar-refractivity contribution in [3.8, 4) is 11.1 Å². The molecule has 3 nitrogen and oxygen atoms in total. The van der Waals surface area contributed by atoms with Crippen molar-refractivity contribution < 1.29 is 9.90 Å². The summed E-state index contributed by atoms with van der Waals surface area (Å²) in [5, 5.41) is 9.74. The Morgan fingerprint density at radius 1 is 1.05 bits per heavy atom. The Morgan fingerprint density at radius 3 is 2.60 bits per heavy atom. The molecule has 0 atom stereocenters. The van der Waals surface area contributed by atoms with Crippen molar-refractivity contribution >= 4 is 22.9 Å². The van der Waals surface area contributed by atoms with Gasteiger partial charge in [0.15, 0.2) is 0 Å². The highest BCUT2D eigenvalue weighted by molar-refractivity contribution is 5.95. The molecule has 2 N–H and O–H groups in total. The standard InChI is InChI=1S/C17H13NO2/c19-17(20)9-7-14-11-18-16-8-6-13(10-15(14)16)12-4-2-1-3-5-12/h1-11,18H,(H,19,20)/b9-7+. The van der Waals surface area contributed by atoms with E-state index in [1.54, 1.807) is 6.08 Å². The smallest absolute Gasteiger partial charge is 0.328 e. The van der Waals surface area contributed by atoms with Crippen LogP contribution in [0.5, 0.6) is 0 Å². The van der Waals surface area contributed by atoms with E-state index in [9.17, 15) is 4.79 Å². The molecule has 0 bridgehead atoms. The van der Waals surface area contributed by atoms with E-state index < -0.39 is 5.97 Å². The zero-order valence-corrected chi connectivity index (χ0v) is 10.7. The predicted molar refractivity (Wildman–Crippen MR) is 80.4 cm³/mol. The van der Waals surface area contributed by atoms with Gasteiger partial charge in [0.1, 0.15) is 0 Å². The van der Waals surface area contributed by atoms with E-state index in [1.807, 2.05) is 30.5 Å². The number of rotatable bonds is 3.